The van der Waals surface area contributed by atoms with E-state index >= 15 is 0 Å². The first-order valence-corrected chi connectivity index (χ1v) is 20.9. The van der Waals surface area contributed by atoms with Crippen LogP contribution in [-0.2, 0) is 33.8 Å². The van der Waals surface area contributed by atoms with E-state index in [-0.39, 0.29) is 24.8 Å². The van der Waals surface area contributed by atoms with Crippen LogP contribution in [0.25, 0.3) is 0 Å². The van der Waals surface area contributed by atoms with Crippen molar-refractivity contribution in [2.75, 3.05) is 0 Å². The maximum Gasteiger partial charge on any atom is -0.147 e. The van der Waals surface area contributed by atoms with Crippen molar-refractivity contribution in [3.63, 3.8) is 0 Å². The van der Waals surface area contributed by atoms with E-state index in [0.717, 1.165) is 12.8 Å². The molecular formula is C28H35Cl2SiZr. The minimum absolute atomic E-state index is 0. The summed E-state index contributed by atoms with van der Waals surface area (Å²) in [5.41, 5.74) is 9.41. The Morgan fingerprint density at radius 1 is 0.656 bits per heavy atom. The third-order valence-corrected chi connectivity index (χ3v) is 26.2. The van der Waals surface area contributed by atoms with Crippen LogP contribution in [0.4, 0.5) is 0 Å². The molecule has 0 fully saturated rings. The van der Waals surface area contributed by atoms with Crippen LogP contribution in [0.3, 0.4) is 0 Å². The Bertz CT molecular complexity index is 952. The van der Waals surface area contributed by atoms with Gasteiger partial charge in [0.05, 0.1) is 0 Å². The normalized spacial score (nSPS) is 15.4. The molecular weight excluding hydrogens is 527 g/mol. The zero-order valence-electron chi connectivity index (χ0n) is 19.7. The first-order valence-electron chi connectivity index (χ1n) is 11.2. The fourth-order valence-corrected chi connectivity index (χ4v) is 26.0. The first kappa shape index (κ1) is 27.3. The second-order valence-electron chi connectivity index (χ2n) is 9.17. The molecule has 0 N–H and O–H groups in total. The Labute approximate surface area is 215 Å². The van der Waals surface area contributed by atoms with Crippen LogP contribution < -0.4 is 0 Å². The molecule has 4 rings (SSSR count). The summed E-state index contributed by atoms with van der Waals surface area (Å²) < 4.78 is 3.82. The Hall–Kier alpha value is -0.920. The summed E-state index contributed by atoms with van der Waals surface area (Å²) in [4.78, 5) is 0. The quantitative estimate of drug-likeness (QED) is 0.300. The second kappa shape index (κ2) is 12.5. The van der Waals surface area contributed by atoms with Gasteiger partial charge < -0.3 is 0 Å². The molecule has 0 atom stereocenters. The zero-order chi connectivity index (χ0) is 21.1. The average molecular weight is 562 g/mol. The van der Waals surface area contributed by atoms with Crippen molar-refractivity contribution in [2.45, 2.75) is 52.6 Å². The van der Waals surface area contributed by atoms with Gasteiger partial charge in [-0.2, -0.15) is 0 Å². The van der Waals surface area contributed by atoms with Crippen LogP contribution >= 0.6 is 24.8 Å². The van der Waals surface area contributed by atoms with Crippen molar-refractivity contribution in [1.82, 2.24) is 0 Å². The fraction of sp³-hybridized carbons (Fsp3) is 0.286. The molecule has 0 heterocycles. The largest absolute Gasteiger partial charge is 0.147 e. The topological polar surface area (TPSA) is 0 Å². The van der Waals surface area contributed by atoms with Crippen molar-refractivity contribution in [3.05, 3.63) is 113 Å². The molecule has 2 aromatic rings. The van der Waals surface area contributed by atoms with Crippen LogP contribution in [0.2, 0.25) is 13.1 Å². The van der Waals surface area contributed by atoms with E-state index < -0.39 is 26.8 Å². The van der Waals surface area contributed by atoms with E-state index in [0.29, 0.717) is 0 Å². The summed E-state index contributed by atoms with van der Waals surface area (Å²) in [7, 11) is 0. The molecule has 2 aliphatic carbocycles. The summed E-state index contributed by atoms with van der Waals surface area (Å²) in [6, 6.07) is 22.0. The Morgan fingerprint density at radius 2 is 1.03 bits per heavy atom. The van der Waals surface area contributed by atoms with Gasteiger partial charge in [0.1, 0.15) is 0 Å². The predicted molar refractivity (Wildman–Crippen MR) is 144 cm³/mol. The minimum atomic E-state index is -1.74. The van der Waals surface area contributed by atoms with E-state index in [9.17, 15) is 0 Å². The van der Waals surface area contributed by atoms with Crippen LogP contribution in [0.1, 0.15) is 37.8 Å². The number of hydrogen-bond acceptors (Lipinski definition) is 0. The molecule has 0 nitrogen and oxygen atoms in total. The molecule has 169 valence electrons. The molecule has 2 aromatic carbocycles. The van der Waals surface area contributed by atoms with Gasteiger partial charge in [0.25, 0.3) is 0 Å². The maximum absolute atomic E-state index is 2.62. The standard InChI is InChI=1S/2C13H13.C2H7Si.2ClH.Zr/c2*1-11-7-8-13(9-11)10-12-5-3-2-4-6-12;1-3-2;;;/h2*2-6,9H,8,10H2,1H3;3H,1-2H3;2*1H;. The number of halogens is 2. The van der Waals surface area contributed by atoms with Crippen molar-refractivity contribution >= 4 is 30.7 Å². The number of rotatable bonds is 7. The molecule has 0 spiro atoms. The van der Waals surface area contributed by atoms with Gasteiger partial charge in [-0.25, -0.2) is 0 Å². The van der Waals surface area contributed by atoms with Gasteiger partial charge in [0.15, 0.2) is 0 Å². The fourth-order valence-electron chi connectivity index (χ4n) is 5.06. The molecule has 32 heavy (non-hydrogen) atoms. The first-order chi connectivity index (χ1) is 14.5. The van der Waals surface area contributed by atoms with Gasteiger partial charge in [-0.05, 0) is 0 Å². The van der Waals surface area contributed by atoms with E-state index in [1.165, 1.54) is 24.0 Å². The number of allylic oxidation sites excluding steroid dienone is 8. The van der Waals surface area contributed by atoms with Gasteiger partial charge >= 0.3 is 192 Å². The maximum atomic E-state index is 2.62. The van der Waals surface area contributed by atoms with Gasteiger partial charge in [-0.15, -0.1) is 24.8 Å². The summed E-state index contributed by atoms with van der Waals surface area (Å²) in [5.74, 6) is -0.679. The number of benzene rings is 2. The van der Waals surface area contributed by atoms with E-state index in [2.05, 4.69) is 99.8 Å². The van der Waals surface area contributed by atoms with Crippen LogP contribution in [0.5, 0.6) is 0 Å². The zero-order valence-corrected chi connectivity index (χ0v) is 24.9. The van der Waals surface area contributed by atoms with Gasteiger partial charge in [-0.3, -0.25) is 0 Å². The van der Waals surface area contributed by atoms with Crippen LogP contribution in [0.15, 0.2) is 102 Å². The van der Waals surface area contributed by atoms with Crippen molar-refractivity contribution in [1.29, 1.82) is 0 Å². The van der Waals surface area contributed by atoms with Gasteiger partial charge in [0, 0.05) is 0 Å². The van der Waals surface area contributed by atoms with Crippen molar-refractivity contribution in [2.24, 2.45) is 0 Å². The molecule has 0 aromatic heterocycles. The minimum Gasteiger partial charge on any atom is -0.147 e. The summed E-state index contributed by atoms with van der Waals surface area (Å²) in [6.45, 7) is 10.0. The van der Waals surface area contributed by atoms with Crippen molar-refractivity contribution < 1.29 is 20.9 Å². The van der Waals surface area contributed by atoms with Gasteiger partial charge in [0.2, 0.25) is 0 Å². The van der Waals surface area contributed by atoms with Crippen LogP contribution in [-0.4, -0.2) is 5.92 Å². The third-order valence-electron chi connectivity index (χ3n) is 6.38. The van der Waals surface area contributed by atoms with E-state index in [1.54, 1.807) is 22.3 Å². The summed E-state index contributed by atoms with van der Waals surface area (Å²) in [6.07, 6.45) is 9.81. The molecule has 0 aliphatic heterocycles. The monoisotopic (exact) mass is 559 g/mol. The average Bonchev–Trinajstić information content (AvgIpc) is 3.26. The molecule has 0 bridgehead atoms. The Morgan fingerprint density at radius 3 is 1.38 bits per heavy atom. The molecule has 0 amide bonds. The van der Waals surface area contributed by atoms with E-state index in [1.807, 2.05) is 6.56 Å². The molecule has 2 aliphatic rings. The van der Waals surface area contributed by atoms with E-state index in [4.69, 9.17) is 0 Å². The summed E-state index contributed by atoms with van der Waals surface area (Å²) in [5, 5.41) is 0. The molecule has 4 heteroatoms. The van der Waals surface area contributed by atoms with Gasteiger partial charge in [-0.1, -0.05) is 0 Å². The molecule has 0 saturated heterocycles. The van der Waals surface area contributed by atoms with Crippen LogP contribution in [0, 0.1) is 0 Å². The second-order valence-corrected chi connectivity index (χ2v) is 28.4. The van der Waals surface area contributed by atoms with Crippen molar-refractivity contribution in [3.8, 4) is 0 Å². The SMILES string of the molecule is CC1=[C]([Zr]([C]2=C(C)C=C(Cc3ccccc3)C2)[SiH](C)C)CC(Cc2ccccc2)=C1.Cl.Cl. The molecule has 0 radical (unpaired) electrons. The Balaban J connectivity index is 0.00000181. The molecule has 0 unspecified atom stereocenters. The summed E-state index contributed by atoms with van der Waals surface area (Å²) >= 11 is -1.74. The number of hydrogen-bond donors (Lipinski definition) is 0. The third kappa shape index (κ3) is 6.57. The predicted octanol–water partition coefficient (Wildman–Crippen LogP) is 8.13. The Kier molecular flexibility index (Phi) is 10.7. The molecule has 0 saturated carbocycles. The smallest absolute Gasteiger partial charge is 0.147 e.